The summed E-state index contributed by atoms with van der Waals surface area (Å²) in [6, 6.07) is 11.8. The van der Waals surface area contributed by atoms with Gasteiger partial charge in [-0.3, -0.25) is 4.79 Å². The Bertz CT molecular complexity index is 697. The smallest absolute Gasteiger partial charge is 0.251 e. The zero-order valence-electron chi connectivity index (χ0n) is 14.3. The van der Waals surface area contributed by atoms with E-state index in [1.165, 1.54) is 17.7 Å². The number of benzene rings is 1. The van der Waals surface area contributed by atoms with Gasteiger partial charge < -0.3 is 10.4 Å². The molecule has 2 aromatic rings. The normalized spacial score (nSPS) is 17.6. The Morgan fingerprint density at radius 3 is 2.46 bits per heavy atom. The predicted molar refractivity (Wildman–Crippen MR) is 98.6 cm³/mol. The molecular formula is C20H25NO2S. The molecule has 1 atom stereocenters. The van der Waals surface area contributed by atoms with E-state index < -0.39 is 6.10 Å². The zero-order chi connectivity index (χ0) is 17.2. The first-order chi connectivity index (χ1) is 11.5. The van der Waals surface area contributed by atoms with Crippen LogP contribution < -0.4 is 5.32 Å². The SMILES string of the molecule is Cc1ccc(C(=O)NCC2(c3ccc(C(C)O)s3)CCCC2)cc1. The summed E-state index contributed by atoms with van der Waals surface area (Å²) in [7, 11) is 0. The third-order valence-corrected chi connectivity index (χ3v) is 6.52. The summed E-state index contributed by atoms with van der Waals surface area (Å²) in [5.41, 5.74) is 1.89. The van der Waals surface area contributed by atoms with Crippen molar-refractivity contribution in [1.82, 2.24) is 5.32 Å². The Labute approximate surface area is 147 Å². The molecule has 0 saturated heterocycles. The first-order valence-electron chi connectivity index (χ1n) is 8.63. The van der Waals surface area contributed by atoms with E-state index in [1.54, 1.807) is 18.3 Å². The van der Waals surface area contributed by atoms with Crippen molar-refractivity contribution in [3.63, 3.8) is 0 Å². The lowest BCUT2D eigenvalue weighted by Gasteiger charge is -2.28. The average molecular weight is 343 g/mol. The Kier molecular flexibility index (Phi) is 5.07. The molecule has 0 spiro atoms. The highest BCUT2D eigenvalue weighted by molar-refractivity contribution is 7.12. The average Bonchev–Trinajstić information content (AvgIpc) is 3.23. The molecule has 4 heteroatoms. The number of aliphatic hydroxyl groups excluding tert-OH is 1. The Morgan fingerprint density at radius 2 is 1.88 bits per heavy atom. The molecule has 1 fully saturated rings. The molecule has 1 aromatic heterocycles. The standard InChI is InChI=1S/C20H25NO2S/c1-14-5-7-16(8-6-14)19(23)21-13-20(11-3-4-12-20)18-10-9-17(24-18)15(2)22/h5-10,15,22H,3-4,11-13H2,1-2H3,(H,21,23). The van der Waals surface area contributed by atoms with Gasteiger partial charge in [-0.25, -0.2) is 0 Å². The number of aryl methyl sites for hydroxylation is 1. The highest BCUT2D eigenvalue weighted by Crippen LogP contribution is 2.44. The van der Waals surface area contributed by atoms with Crippen molar-refractivity contribution in [1.29, 1.82) is 0 Å². The minimum atomic E-state index is -0.427. The summed E-state index contributed by atoms with van der Waals surface area (Å²) >= 11 is 1.69. The van der Waals surface area contributed by atoms with Gasteiger partial charge in [0.1, 0.15) is 0 Å². The van der Waals surface area contributed by atoms with Crippen LogP contribution in [0.4, 0.5) is 0 Å². The predicted octanol–water partition coefficient (Wildman–Crippen LogP) is 4.35. The summed E-state index contributed by atoms with van der Waals surface area (Å²) in [6.07, 6.45) is 4.16. The van der Waals surface area contributed by atoms with Crippen molar-refractivity contribution in [2.45, 2.75) is 51.0 Å². The Hall–Kier alpha value is -1.65. The molecule has 1 aromatic carbocycles. The number of carbonyl (C=O) groups is 1. The van der Waals surface area contributed by atoms with Gasteiger partial charge in [0.05, 0.1) is 6.10 Å². The van der Waals surface area contributed by atoms with Crippen LogP contribution in [-0.4, -0.2) is 17.6 Å². The van der Waals surface area contributed by atoms with Gasteiger partial charge in [0.2, 0.25) is 0 Å². The molecule has 1 saturated carbocycles. The molecule has 1 unspecified atom stereocenters. The molecule has 1 amide bonds. The van der Waals surface area contributed by atoms with Crippen molar-refractivity contribution in [3.05, 3.63) is 57.3 Å². The third kappa shape index (κ3) is 3.55. The molecule has 0 aliphatic heterocycles. The van der Waals surface area contributed by atoms with Crippen LogP contribution in [-0.2, 0) is 5.41 Å². The molecule has 2 N–H and O–H groups in total. The second-order valence-corrected chi connectivity index (χ2v) is 8.03. The minimum absolute atomic E-state index is 0.00594. The fourth-order valence-electron chi connectivity index (χ4n) is 3.48. The van der Waals surface area contributed by atoms with Crippen molar-refractivity contribution < 1.29 is 9.90 Å². The van der Waals surface area contributed by atoms with Crippen LogP contribution in [0.5, 0.6) is 0 Å². The lowest BCUT2D eigenvalue weighted by molar-refractivity contribution is 0.0943. The van der Waals surface area contributed by atoms with Crippen LogP contribution in [0.3, 0.4) is 0 Å². The van der Waals surface area contributed by atoms with E-state index in [4.69, 9.17) is 0 Å². The van der Waals surface area contributed by atoms with Crippen LogP contribution in [0.25, 0.3) is 0 Å². The number of amides is 1. The van der Waals surface area contributed by atoms with Gasteiger partial charge in [-0.2, -0.15) is 0 Å². The zero-order valence-corrected chi connectivity index (χ0v) is 15.2. The second kappa shape index (κ2) is 7.08. The van der Waals surface area contributed by atoms with E-state index in [-0.39, 0.29) is 11.3 Å². The molecule has 3 nitrogen and oxygen atoms in total. The third-order valence-electron chi connectivity index (χ3n) is 5.02. The lowest BCUT2D eigenvalue weighted by Crippen LogP contribution is -2.38. The molecule has 128 valence electrons. The maximum absolute atomic E-state index is 12.5. The van der Waals surface area contributed by atoms with Crippen LogP contribution >= 0.6 is 11.3 Å². The van der Waals surface area contributed by atoms with Gasteiger partial charge in [-0.05, 0) is 51.0 Å². The van der Waals surface area contributed by atoms with Gasteiger partial charge in [-0.15, -0.1) is 11.3 Å². The van der Waals surface area contributed by atoms with Crippen LogP contribution in [0.2, 0.25) is 0 Å². The molecule has 1 heterocycles. The summed E-state index contributed by atoms with van der Waals surface area (Å²) < 4.78 is 0. The number of rotatable bonds is 5. The largest absolute Gasteiger partial charge is 0.388 e. The van der Waals surface area contributed by atoms with Crippen molar-refractivity contribution >= 4 is 17.2 Å². The van der Waals surface area contributed by atoms with Crippen molar-refractivity contribution in [2.75, 3.05) is 6.54 Å². The van der Waals surface area contributed by atoms with E-state index in [0.29, 0.717) is 12.1 Å². The Balaban J connectivity index is 1.74. The van der Waals surface area contributed by atoms with Gasteiger partial charge in [0.15, 0.2) is 0 Å². The second-order valence-electron chi connectivity index (χ2n) is 6.91. The summed E-state index contributed by atoms with van der Waals surface area (Å²) in [5, 5.41) is 12.9. The van der Waals surface area contributed by atoms with Gasteiger partial charge >= 0.3 is 0 Å². The fraction of sp³-hybridized carbons (Fsp3) is 0.450. The molecular weight excluding hydrogens is 318 g/mol. The first kappa shape index (κ1) is 17.2. The summed E-state index contributed by atoms with van der Waals surface area (Å²) in [6.45, 7) is 4.49. The number of thiophene rings is 1. The van der Waals surface area contributed by atoms with Crippen LogP contribution in [0, 0.1) is 6.92 Å². The first-order valence-corrected chi connectivity index (χ1v) is 9.45. The van der Waals surface area contributed by atoms with Crippen LogP contribution in [0.15, 0.2) is 36.4 Å². The number of nitrogens with one attached hydrogen (secondary N) is 1. The van der Waals surface area contributed by atoms with E-state index in [0.717, 1.165) is 23.3 Å². The minimum Gasteiger partial charge on any atom is -0.388 e. The number of hydrogen-bond acceptors (Lipinski definition) is 3. The van der Waals surface area contributed by atoms with E-state index in [2.05, 4.69) is 11.4 Å². The molecule has 1 aliphatic carbocycles. The number of aliphatic hydroxyl groups is 1. The van der Waals surface area contributed by atoms with E-state index in [1.807, 2.05) is 37.3 Å². The highest BCUT2D eigenvalue weighted by atomic mass is 32.1. The van der Waals surface area contributed by atoms with Gasteiger partial charge in [-0.1, -0.05) is 30.5 Å². The quantitative estimate of drug-likeness (QED) is 0.848. The molecule has 0 bridgehead atoms. The highest BCUT2D eigenvalue weighted by Gasteiger charge is 2.37. The number of carbonyl (C=O) groups excluding carboxylic acids is 1. The maximum atomic E-state index is 12.5. The molecule has 3 rings (SSSR count). The van der Waals surface area contributed by atoms with E-state index in [9.17, 15) is 9.90 Å². The van der Waals surface area contributed by atoms with Gasteiger partial charge in [0.25, 0.3) is 5.91 Å². The van der Waals surface area contributed by atoms with E-state index >= 15 is 0 Å². The molecule has 1 aliphatic rings. The van der Waals surface area contributed by atoms with Gasteiger partial charge in [0, 0.05) is 27.3 Å². The fourth-order valence-corrected chi connectivity index (χ4v) is 4.67. The van der Waals surface area contributed by atoms with Crippen molar-refractivity contribution in [3.8, 4) is 0 Å². The Morgan fingerprint density at radius 1 is 1.21 bits per heavy atom. The lowest BCUT2D eigenvalue weighted by atomic mass is 9.84. The van der Waals surface area contributed by atoms with Crippen LogP contribution in [0.1, 0.15) is 64.4 Å². The van der Waals surface area contributed by atoms with Crippen molar-refractivity contribution in [2.24, 2.45) is 0 Å². The molecule has 0 radical (unpaired) electrons. The molecule has 24 heavy (non-hydrogen) atoms. The monoisotopic (exact) mass is 343 g/mol. The summed E-state index contributed by atoms with van der Waals surface area (Å²) in [5.74, 6) is -0.00594. The maximum Gasteiger partial charge on any atom is 0.251 e. The number of hydrogen-bond donors (Lipinski definition) is 2. The summed E-state index contributed by atoms with van der Waals surface area (Å²) in [4.78, 5) is 14.7. The topological polar surface area (TPSA) is 49.3 Å².